The molecule has 2 heterocycles. The van der Waals surface area contributed by atoms with E-state index >= 15 is 0 Å². The monoisotopic (exact) mass is 310 g/mol. The quantitative estimate of drug-likeness (QED) is 0.707. The normalized spacial score (nSPS) is 11.7. The lowest BCUT2D eigenvalue weighted by molar-refractivity contribution is 0.400. The van der Waals surface area contributed by atoms with E-state index in [0.29, 0.717) is 18.0 Å². The summed E-state index contributed by atoms with van der Waals surface area (Å²) in [4.78, 5) is 0. The van der Waals surface area contributed by atoms with Gasteiger partial charge in [-0.2, -0.15) is 10.2 Å². The summed E-state index contributed by atoms with van der Waals surface area (Å²) in [5.74, 6) is 0.586. The molecule has 0 aliphatic rings. The van der Waals surface area contributed by atoms with E-state index in [1.165, 1.54) is 12.3 Å². The highest BCUT2D eigenvalue weighted by atomic mass is 32.2. The number of rotatable bonds is 8. The molecule has 0 aromatic carbocycles. The Labute approximate surface area is 123 Å². The zero-order valence-electron chi connectivity index (χ0n) is 11.7. The van der Waals surface area contributed by atoms with Gasteiger partial charge in [-0.05, 0) is 37.2 Å². The highest BCUT2D eigenvalue weighted by molar-refractivity contribution is 7.89. The van der Waals surface area contributed by atoms with Gasteiger partial charge in [-0.3, -0.25) is 0 Å². The van der Waals surface area contributed by atoms with Gasteiger partial charge in [-0.1, -0.05) is 6.92 Å². The van der Waals surface area contributed by atoms with Gasteiger partial charge in [-0.25, -0.2) is 13.1 Å². The van der Waals surface area contributed by atoms with Crippen molar-refractivity contribution in [2.45, 2.75) is 31.5 Å². The van der Waals surface area contributed by atoms with Gasteiger partial charge >= 0.3 is 0 Å². The molecule has 114 valence electrons. The average Bonchev–Trinajstić information content (AvgIpc) is 2.96. The van der Waals surface area contributed by atoms with Gasteiger partial charge in [0.2, 0.25) is 5.09 Å². The van der Waals surface area contributed by atoms with Crippen LogP contribution < -0.4 is 10.0 Å². The van der Waals surface area contributed by atoms with E-state index in [2.05, 4.69) is 27.2 Å². The molecule has 0 saturated heterocycles. The van der Waals surface area contributed by atoms with Gasteiger partial charge in [0, 0.05) is 6.20 Å². The maximum atomic E-state index is 12.1. The Morgan fingerprint density at radius 3 is 2.81 bits per heavy atom. The van der Waals surface area contributed by atoms with Crippen LogP contribution in [0, 0.1) is 0 Å². The third kappa shape index (κ3) is 4.62. The predicted octanol–water partition coefficient (Wildman–Crippen LogP) is 1.05. The van der Waals surface area contributed by atoms with Gasteiger partial charge in [0.25, 0.3) is 10.0 Å². The molecule has 0 amide bonds. The fraction of sp³-hybridized carbons (Fsp3) is 0.385. The molecule has 0 fully saturated rings. The molecule has 8 heteroatoms. The second-order valence-corrected chi connectivity index (χ2v) is 6.13. The second-order valence-electron chi connectivity index (χ2n) is 4.44. The van der Waals surface area contributed by atoms with Crippen LogP contribution in [0.3, 0.4) is 0 Å². The highest BCUT2D eigenvalue weighted by Gasteiger charge is 2.18. The fourth-order valence-electron chi connectivity index (χ4n) is 1.65. The van der Waals surface area contributed by atoms with Gasteiger partial charge in [0.1, 0.15) is 5.76 Å². The summed E-state index contributed by atoms with van der Waals surface area (Å²) in [7, 11) is -3.68. The molecule has 7 nitrogen and oxygen atoms in total. The van der Waals surface area contributed by atoms with E-state index in [1.54, 1.807) is 18.2 Å². The largest absolute Gasteiger partial charge is 0.447 e. The van der Waals surface area contributed by atoms with Gasteiger partial charge in [-0.15, -0.1) is 0 Å². The minimum atomic E-state index is -3.68. The molecule has 2 N–H and O–H groups in total. The lowest BCUT2D eigenvalue weighted by atomic mass is 10.4. The first-order valence-electron chi connectivity index (χ1n) is 6.67. The molecule has 21 heavy (non-hydrogen) atoms. The molecule has 0 radical (unpaired) electrons. The first-order valence-corrected chi connectivity index (χ1v) is 8.16. The predicted molar refractivity (Wildman–Crippen MR) is 76.8 cm³/mol. The van der Waals surface area contributed by atoms with Crippen LogP contribution in [0.4, 0.5) is 0 Å². The van der Waals surface area contributed by atoms with Crippen molar-refractivity contribution in [1.29, 1.82) is 0 Å². The molecule has 0 atom stereocenters. The number of hydrogen-bond acceptors (Lipinski definition) is 6. The summed E-state index contributed by atoms with van der Waals surface area (Å²) in [6, 6.07) is 6.49. The van der Waals surface area contributed by atoms with Gasteiger partial charge in [0.15, 0.2) is 0 Å². The maximum absolute atomic E-state index is 12.1. The van der Waals surface area contributed by atoms with E-state index in [1.807, 2.05) is 0 Å². The second kappa shape index (κ2) is 7.30. The zero-order valence-corrected chi connectivity index (χ0v) is 12.6. The summed E-state index contributed by atoms with van der Waals surface area (Å²) in [5, 5.41) is 10.5. The molecule has 0 aliphatic heterocycles. The van der Waals surface area contributed by atoms with Crippen molar-refractivity contribution in [2.75, 3.05) is 6.54 Å². The Balaban J connectivity index is 1.96. The molecule has 0 aliphatic carbocycles. The number of nitrogens with zero attached hydrogens (tertiary/aromatic N) is 2. The fourth-order valence-corrected chi connectivity index (χ4v) is 2.60. The summed E-state index contributed by atoms with van der Waals surface area (Å²) in [6.45, 7) is 3.49. The molecule has 0 bridgehead atoms. The standard InChI is InChI=1S/C13H18N4O3S/c1-2-7-14-10-12-5-6-13(20-12)21(18,19)16-9-11-4-3-8-15-17-11/h3-6,8,14,16H,2,7,9-10H2,1H3. The molecule has 2 aromatic heterocycles. The van der Waals surface area contributed by atoms with E-state index in [9.17, 15) is 8.42 Å². The number of furan rings is 1. The zero-order chi connectivity index (χ0) is 15.1. The highest BCUT2D eigenvalue weighted by Crippen LogP contribution is 2.14. The maximum Gasteiger partial charge on any atom is 0.274 e. The minimum Gasteiger partial charge on any atom is -0.447 e. The molecule has 2 rings (SSSR count). The van der Waals surface area contributed by atoms with Crippen LogP contribution >= 0.6 is 0 Å². The SMILES string of the molecule is CCCNCc1ccc(S(=O)(=O)NCc2cccnn2)o1. The van der Waals surface area contributed by atoms with Crippen LogP contribution in [0.25, 0.3) is 0 Å². The molecule has 0 saturated carbocycles. The summed E-state index contributed by atoms with van der Waals surface area (Å²) < 4.78 is 31.9. The Kier molecular flexibility index (Phi) is 5.43. The van der Waals surface area contributed by atoms with Crippen molar-refractivity contribution < 1.29 is 12.8 Å². The third-order valence-electron chi connectivity index (χ3n) is 2.70. The van der Waals surface area contributed by atoms with Crippen LogP contribution in [-0.2, 0) is 23.1 Å². The Morgan fingerprint density at radius 2 is 2.10 bits per heavy atom. The molecule has 0 spiro atoms. The molecule has 0 unspecified atom stereocenters. The van der Waals surface area contributed by atoms with E-state index in [-0.39, 0.29) is 11.6 Å². The Morgan fingerprint density at radius 1 is 1.24 bits per heavy atom. The van der Waals surface area contributed by atoms with Crippen molar-refractivity contribution in [1.82, 2.24) is 20.2 Å². The van der Waals surface area contributed by atoms with Crippen molar-refractivity contribution >= 4 is 10.0 Å². The summed E-state index contributed by atoms with van der Waals surface area (Å²) in [6.07, 6.45) is 2.53. The average molecular weight is 310 g/mol. The van der Waals surface area contributed by atoms with E-state index < -0.39 is 10.0 Å². The van der Waals surface area contributed by atoms with Crippen LogP contribution in [0.1, 0.15) is 24.8 Å². The van der Waals surface area contributed by atoms with Crippen molar-refractivity contribution in [3.63, 3.8) is 0 Å². The lowest BCUT2D eigenvalue weighted by Gasteiger charge is -2.03. The topological polar surface area (TPSA) is 97.1 Å². The number of nitrogens with one attached hydrogen (secondary N) is 2. The number of sulfonamides is 1. The van der Waals surface area contributed by atoms with Crippen LogP contribution in [0.5, 0.6) is 0 Å². The Bertz CT molecular complexity index is 655. The smallest absolute Gasteiger partial charge is 0.274 e. The van der Waals surface area contributed by atoms with Gasteiger partial charge < -0.3 is 9.73 Å². The molecular formula is C13H18N4O3S. The van der Waals surface area contributed by atoms with E-state index in [0.717, 1.165) is 13.0 Å². The summed E-state index contributed by atoms with van der Waals surface area (Å²) in [5.41, 5.74) is 0.539. The lowest BCUT2D eigenvalue weighted by Crippen LogP contribution is -2.23. The molecular weight excluding hydrogens is 292 g/mol. The Hall–Kier alpha value is -1.77. The number of aromatic nitrogens is 2. The number of hydrogen-bond donors (Lipinski definition) is 2. The van der Waals surface area contributed by atoms with E-state index in [4.69, 9.17) is 4.42 Å². The first-order chi connectivity index (χ1) is 10.1. The minimum absolute atomic E-state index is 0.0697. The first kappa shape index (κ1) is 15.6. The van der Waals surface area contributed by atoms with Gasteiger partial charge in [0.05, 0.1) is 18.8 Å². The van der Waals surface area contributed by atoms with Crippen molar-refractivity contribution in [3.05, 3.63) is 41.9 Å². The van der Waals surface area contributed by atoms with Crippen molar-refractivity contribution in [2.24, 2.45) is 0 Å². The molecule has 2 aromatic rings. The summed E-state index contributed by atoms with van der Waals surface area (Å²) >= 11 is 0. The van der Waals surface area contributed by atoms with Crippen LogP contribution in [0.2, 0.25) is 0 Å². The third-order valence-corrected chi connectivity index (χ3v) is 3.97. The van der Waals surface area contributed by atoms with Crippen LogP contribution in [0.15, 0.2) is 40.0 Å². The van der Waals surface area contributed by atoms with Crippen LogP contribution in [-0.4, -0.2) is 25.2 Å². The van der Waals surface area contributed by atoms with Crippen molar-refractivity contribution in [3.8, 4) is 0 Å².